The van der Waals surface area contributed by atoms with Gasteiger partial charge in [-0.15, -0.1) is 0 Å². The van der Waals surface area contributed by atoms with Gasteiger partial charge in [-0.2, -0.15) is 18.3 Å². The number of hydrogen-bond donors (Lipinski definition) is 1. The van der Waals surface area contributed by atoms with Crippen molar-refractivity contribution in [2.75, 3.05) is 0 Å². The molecule has 1 unspecified atom stereocenters. The fraction of sp³-hybridized carbons (Fsp3) is 0.375. The summed E-state index contributed by atoms with van der Waals surface area (Å²) >= 11 is 5.76. The van der Waals surface area contributed by atoms with E-state index in [0.29, 0.717) is 16.1 Å². The van der Waals surface area contributed by atoms with Gasteiger partial charge in [-0.3, -0.25) is 4.79 Å². The van der Waals surface area contributed by atoms with Crippen LogP contribution in [0.2, 0.25) is 5.02 Å². The summed E-state index contributed by atoms with van der Waals surface area (Å²) in [5.74, 6) is -0.788. The van der Waals surface area contributed by atoms with Gasteiger partial charge in [0.25, 0.3) is 5.91 Å². The van der Waals surface area contributed by atoms with Gasteiger partial charge >= 0.3 is 6.18 Å². The second-order valence-corrected chi connectivity index (χ2v) is 5.89. The Balaban J connectivity index is 2.43. The maximum Gasteiger partial charge on any atom is 0.434 e. The van der Waals surface area contributed by atoms with Crippen molar-refractivity contribution in [3.63, 3.8) is 0 Å². The van der Waals surface area contributed by atoms with Crippen LogP contribution in [0.15, 0.2) is 30.5 Å². The molecule has 1 amide bonds. The minimum atomic E-state index is -4.73. The molecule has 2 rings (SSSR count). The Labute approximate surface area is 142 Å². The molecular weight excluding hydrogens is 343 g/mol. The summed E-state index contributed by atoms with van der Waals surface area (Å²) in [7, 11) is 0. The number of hydrogen-bond acceptors (Lipinski definition) is 2. The van der Waals surface area contributed by atoms with E-state index in [-0.39, 0.29) is 11.7 Å². The van der Waals surface area contributed by atoms with Crippen LogP contribution in [0.1, 0.15) is 42.7 Å². The molecule has 4 nitrogen and oxygen atoms in total. The summed E-state index contributed by atoms with van der Waals surface area (Å²) in [5, 5.41) is 6.71. The first-order chi connectivity index (χ1) is 11.2. The minimum Gasteiger partial charge on any atom is -0.349 e. The zero-order valence-electron chi connectivity index (χ0n) is 13.2. The van der Waals surface area contributed by atoms with Crippen molar-refractivity contribution >= 4 is 17.5 Å². The number of amides is 1. The summed E-state index contributed by atoms with van der Waals surface area (Å²) in [6, 6.07) is 5.52. The third-order valence-corrected chi connectivity index (χ3v) is 3.70. The predicted octanol–water partition coefficient (Wildman–Crippen LogP) is 4.46. The highest BCUT2D eigenvalue weighted by Crippen LogP contribution is 2.33. The van der Waals surface area contributed by atoms with Crippen molar-refractivity contribution in [2.24, 2.45) is 0 Å². The average molecular weight is 360 g/mol. The number of carbonyl (C=O) groups excluding carboxylic acids is 1. The average Bonchev–Trinajstić information content (AvgIpc) is 2.93. The Kier molecular flexibility index (Phi) is 5.54. The van der Waals surface area contributed by atoms with E-state index in [1.165, 1.54) is 24.3 Å². The SMILES string of the molecule is CCCC(C)NC(=O)c1cnn(-c2ccc(Cl)cc2)c1C(F)(F)F. The van der Waals surface area contributed by atoms with Gasteiger partial charge < -0.3 is 5.32 Å². The van der Waals surface area contributed by atoms with Crippen molar-refractivity contribution in [3.05, 3.63) is 46.7 Å². The molecule has 1 heterocycles. The number of nitrogens with one attached hydrogen (secondary N) is 1. The highest BCUT2D eigenvalue weighted by Gasteiger charge is 2.40. The summed E-state index contributed by atoms with van der Waals surface area (Å²) in [6.07, 6.45) is -2.29. The fourth-order valence-corrected chi connectivity index (χ4v) is 2.50. The lowest BCUT2D eigenvalue weighted by molar-refractivity contribution is -0.143. The first kappa shape index (κ1) is 18.3. The van der Waals surface area contributed by atoms with E-state index in [2.05, 4.69) is 10.4 Å². The van der Waals surface area contributed by atoms with Crippen molar-refractivity contribution in [2.45, 2.75) is 38.9 Å². The van der Waals surface area contributed by atoms with Crippen LogP contribution in [0.3, 0.4) is 0 Å². The molecule has 130 valence electrons. The molecule has 0 saturated heterocycles. The van der Waals surface area contributed by atoms with Crippen molar-refractivity contribution < 1.29 is 18.0 Å². The third kappa shape index (κ3) is 4.08. The van der Waals surface area contributed by atoms with Crippen LogP contribution in [0.25, 0.3) is 5.69 Å². The van der Waals surface area contributed by atoms with Gasteiger partial charge in [-0.25, -0.2) is 4.68 Å². The van der Waals surface area contributed by atoms with Crippen molar-refractivity contribution in [1.82, 2.24) is 15.1 Å². The zero-order valence-corrected chi connectivity index (χ0v) is 13.9. The van der Waals surface area contributed by atoms with Gasteiger partial charge in [-0.05, 0) is 37.6 Å². The van der Waals surface area contributed by atoms with Crippen LogP contribution in [-0.2, 0) is 6.18 Å². The molecule has 0 fully saturated rings. The van der Waals surface area contributed by atoms with Crippen LogP contribution >= 0.6 is 11.6 Å². The summed E-state index contributed by atoms with van der Waals surface area (Å²) in [6.45, 7) is 3.68. The second kappa shape index (κ2) is 7.25. The normalized spacial score (nSPS) is 12.9. The number of alkyl halides is 3. The van der Waals surface area contributed by atoms with Gasteiger partial charge in [0.1, 0.15) is 0 Å². The Hall–Kier alpha value is -2.02. The van der Waals surface area contributed by atoms with E-state index in [0.717, 1.165) is 12.6 Å². The predicted molar refractivity (Wildman–Crippen MR) is 85.4 cm³/mol. The standard InChI is InChI=1S/C16H17ClF3N3O/c1-3-4-10(2)22-15(24)13-9-21-23(14(13)16(18,19)20)12-7-5-11(17)6-8-12/h5-10H,3-4H2,1-2H3,(H,22,24). The third-order valence-electron chi connectivity index (χ3n) is 3.45. The molecule has 1 aromatic carbocycles. The molecule has 1 atom stereocenters. The first-order valence-corrected chi connectivity index (χ1v) is 7.83. The number of rotatable bonds is 5. The molecule has 0 bridgehead atoms. The molecule has 1 N–H and O–H groups in total. The van der Waals surface area contributed by atoms with Crippen molar-refractivity contribution in [3.8, 4) is 5.69 Å². The molecule has 0 aliphatic carbocycles. The van der Waals surface area contributed by atoms with E-state index < -0.39 is 23.3 Å². The number of benzene rings is 1. The molecule has 0 spiro atoms. The monoisotopic (exact) mass is 359 g/mol. The summed E-state index contributed by atoms with van der Waals surface area (Å²) in [4.78, 5) is 12.2. The van der Waals surface area contributed by atoms with Gasteiger partial charge in [0.15, 0.2) is 5.69 Å². The molecule has 8 heteroatoms. The lowest BCUT2D eigenvalue weighted by Crippen LogP contribution is -2.33. The number of nitrogens with zero attached hydrogens (tertiary/aromatic N) is 2. The van der Waals surface area contributed by atoms with Gasteiger partial charge in [0.2, 0.25) is 0 Å². The Morgan fingerprint density at radius 2 is 1.96 bits per heavy atom. The van der Waals surface area contributed by atoms with Gasteiger partial charge in [0.05, 0.1) is 17.4 Å². The first-order valence-electron chi connectivity index (χ1n) is 7.46. The summed E-state index contributed by atoms with van der Waals surface area (Å²) < 4.78 is 41.2. The smallest absolute Gasteiger partial charge is 0.349 e. The number of carbonyl (C=O) groups is 1. The van der Waals surface area contributed by atoms with Crippen LogP contribution in [0.4, 0.5) is 13.2 Å². The lowest BCUT2D eigenvalue weighted by Gasteiger charge is -2.15. The van der Waals surface area contributed by atoms with Crippen molar-refractivity contribution in [1.29, 1.82) is 0 Å². The molecule has 1 aromatic heterocycles. The highest BCUT2D eigenvalue weighted by atomic mass is 35.5. The Morgan fingerprint density at radius 1 is 1.33 bits per heavy atom. The van der Waals surface area contributed by atoms with Crippen LogP contribution in [-0.4, -0.2) is 21.7 Å². The maximum absolute atomic E-state index is 13.5. The van der Waals surface area contributed by atoms with E-state index in [4.69, 9.17) is 11.6 Å². The molecule has 0 radical (unpaired) electrons. The molecule has 2 aromatic rings. The number of aromatic nitrogens is 2. The molecular formula is C16H17ClF3N3O. The topological polar surface area (TPSA) is 46.9 Å². The molecule has 0 aliphatic heterocycles. The van der Waals surface area contributed by atoms with Crippen LogP contribution in [0, 0.1) is 0 Å². The van der Waals surface area contributed by atoms with Gasteiger partial charge in [-0.1, -0.05) is 24.9 Å². The Morgan fingerprint density at radius 3 is 2.50 bits per heavy atom. The second-order valence-electron chi connectivity index (χ2n) is 5.46. The lowest BCUT2D eigenvalue weighted by atomic mass is 10.1. The maximum atomic E-state index is 13.5. The zero-order chi connectivity index (χ0) is 17.9. The van der Waals surface area contributed by atoms with E-state index >= 15 is 0 Å². The van der Waals surface area contributed by atoms with Crippen LogP contribution < -0.4 is 5.32 Å². The number of halogens is 4. The van der Waals surface area contributed by atoms with E-state index in [1.54, 1.807) is 6.92 Å². The molecule has 0 aliphatic rings. The molecule has 0 saturated carbocycles. The molecule has 24 heavy (non-hydrogen) atoms. The quantitative estimate of drug-likeness (QED) is 0.856. The summed E-state index contributed by atoms with van der Waals surface area (Å²) in [5.41, 5.74) is -1.43. The van der Waals surface area contributed by atoms with Gasteiger partial charge in [0, 0.05) is 11.1 Å². The highest BCUT2D eigenvalue weighted by molar-refractivity contribution is 6.30. The van der Waals surface area contributed by atoms with E-state index in [9.17, 15) is 18.0 Å². The largest absolute Gasteiger partial charge is 0.434 e. The van der Waals surface area contributed by atoms with E-state index in [1.807, 2.05) is 6.92 Å². The Bertz CT molecular complexity index is 710. The van der Waals surface area contributed by atoms with Crippen LogP contribution in [0.5, 0.6) is 0 Å². The fourth-order valence-electron chi connectivity index (χ4n) is 2.37. The minimum absolute atomic E-state index is 0.174.